The molecule has 0 radical (unpaired) electrons. The number of amides is 1. The van der Waals surface area contributed by atoms with Crippen LogP contribution >= 0.6 is 11.6 Å². The van der Waals surface area contributed by atoms with Crippen LogP contribution in [0.1, 0.15) is 29.6 Å². The van der Waals surface area contributed by atoms with Gasteiger partial charge in [0.2, 0.25) is 0 Å². The number of nitrogens with one attached hydrogen (secondary N) is 1. The molecule has 0 heterocycles. The van der Waals surface area contributed by atoms with Crippen molar-refractivity contribution in [3.8, 4) is 5.75 Å². The summed E-state index contributed by atoms with van der Waals surface area (Å²) in [4.78, 5) is 12.1. The summed E-state index contributed by atoms with van der Waals surface area (Å²) in [7, 11) is 1.61. The zero-order chi connectivity index (χ0) is 13.0. The molecular formula is C14H18ClNO2. The largest absolute Gasteiger partial charge is 0.497 e. The predicted octanol–water partition coefficient (Wildman–Crippen LogP) is 2.83. The van der Waals surface area contributed by atoms with Crippen molar-refractivity contribution in [2.75, 3.05) is 13.0 Å². The Morgan fingerprint density at radius 3 is 2.72 bits per heavy atom. The van der Waals surface area contributed by atoms with Gasteiger partial charge in [-0.25, -0.2) is 0 Å². The van der Waals surface area contributed by atoms with Gasteiger partial charge in [0.15, 0.2) is 0 Å². The van der Waals surface area contributed by atoms with E-state index in [1.807, 2.05) is 0 Å². The molecule has 1 aliphatic carbocycles. The lowest BCUT2D eigenvalue weighted by molar-refractivity contribution is 0.0930. The van der Waals surface area contributed by atoms with Crippen LogP contribution in [0.2, 0.25) is 0 Å². The third-order valence-electron chi connectivity index (χ3n) is 3.53. The van der Waals surface area contributed by atoms with E-state index in [1.165, 1.54) is 0 Å². The maximum absolute atomic E-state index is 12.1. The maximum atomic E-state index is 12.1. The molecule has 2 atom stereocenters. The van der Waals surface area contributed by atoms with Gasteiger partial charge in [0.05, 0.1) is 7.11 Å². The first-order valence-corrected chi connectivity index (χ1v) is 6.79. The van der Waals surface area contributed by atoms with E-state index in [-0.39, 0.29) is 11.9 Å². The number of hydrogen-bond acceptors (Lipinski definition) is 2. The minimum atomic E-state index is -0.0281. The van der Waals surface area contributed by atoms with Crippen molar-refractivity contribution >= 4 is 17.5 Å². The van der Waals surface area contributed by atoms with E-state index in [4.69, 9.17) is 16.3 Å². The third kappa shape index (κ3) is 2.96. The van der Waals surface area contributed by atoms with Crippen LogP contribution in [-0.4, -0.2) is 24.9 Å². The number of carbonyl (C=O) groups excluding carboxylic acids is 1. The zero-order valence-electron chi connectivity index (χ0n) is 10.5. The molecule has 98 valence electrons. The SMILES string of the molecule is COc1ccc(C(=O)NC2CCCC2CCl)cc1. The fraction of sp³-hybridized carbons (Fsp3) is 0.500. The van der Waals surface area contributed by atoms with Crippen molar-refractivity contribution in [1.82, 2.24) is 5.32 Å². The summed E-state index contributed by atoms with van der Waals surface area (Å²) in [5, 5.41) is 3.07. The predicted molar refractivity (Wildman–Crippen MR) is 72.3 cm³/mol. The molecule has 2 unspecified atom stereocenters. The highest BCUT2D eigenvalue weighted by atomic mass is 35.5. The van der Waals surface area contributed by atoms with Gasteiger partial charge in [-0.05, 0) is 43.0 Å². The average molecular weight is 268 g/mol. The average Bonchev–Trinajstić information content (AvgIpc) is 2.86. The maximum Gasteiger partial charge on any atom is 0.251 e. The number of methoxy groups -OCH3 is 1. The summed E-state index contributed by atoms with van der Waals surface area (Å²) in [5.41, 5.74) is 0.663. The summed E-state index contributed by atoms with van der Waals surface area (Å²) >= 11 is 5.90. The molecule has 18 heavy (non-hydrogen) atoms. The lowest BCUT2D eigenvalue weighted by Gasteiger charge is -2.18. The number of ether oxygens (including phenoxy) is 1. The molecule has 0 aliphatic heterocycles. The van der Waals surface area contributed by atoms with Crippen molar-refractivity contribution in [3.63, 3.8) is 0 Å². The second-order valence-corrected chi connectivity index (χ2v) is 4.96. The zero-order valence-corrected chi connectivity index (χ0v) is 11.2. The number of halogens is 1. The van der Waals surface area contributed by atoms with Crippen molar-refractivity contribution < 1.29 is 9.53 Å². The number of alkyl halides is 1. The van der Waals surface area contributed by atoms with Crippen LogP contribution < -0.4 is 10.1 Å². The number of carbonyl (C=O) groups is 1. The van der Waals surface area contributed by atoms with E-state index in [1.54, 1.807) is 31.4 Å². The van der Waals surface area contributed by atoms with Crippen molar-refractivity contribution in [1.29, 1.82) is 0 Å². The van der Waals surface area contributed by atoms with Gasteiger partial charge in [-0.15, -0.1) is 11.6 Å². The van der Waals surface area contributed by atoms with Gasteiger partial charge < -0.3 is 10.1 Å². The van der Waals surface area contributed by atoms with E-state index in [0.717, 1.165) is 25.0 Å². The molecule has 2 rings (SSSR count). The second kappa shape index (κ2) is 6.10. The Labute approximate surface area is 112 Å². The molecule has 4 heteroatoms. The summed E-state index contributed by atoms with van der Waals surface area (Å²) in [5.74, 6) is 1.76. The van der Waals surface area contributed by atoms with Crippen LogP contribution in [0.25, 0.3) is 0 Å². The van der Waals surface area contributed by atoms with E-state index in [0.29, 0.717) is 17.4 Å². The first-order chi connectivity index (χ1) is 8.74. The topological polar surface area (TPSA) is 38.3 Å². The Hall–Kier alpha value is -1.22. The second-order valence-electron chi connectivity index (χ2n) is 4.65. The number of rotatable bonds is 4. The third-order valence-corrected chi connectivity index (χ3v) is 3.92. The van der Waals surface area contributed by atoms with Crippen molar-refractivity contribution in [2.45, 2.75) is 25.3 Å². The van der Waals surface area contributed by atoms with Gasteiger partial charge >= 0.3 is 0 Å². The van der Waals surface area contributed by atoms with Gasteiger partial charge in [0.25, 0.3) is 5.91 Å². The monoisotopic (exact) mass is 267 g/mol. The molecule has 1 aliphatic rings. The standard InChI is InChI=1S/C14H18ClNO2/c1-18-12-7-5-10(6-8-12)14(17)16-13-4-2-3-11(13)9-15/h5-8,11,13H,2-4,9H2,1H3,(H,16,17). The van der Waals surface area contributed by atoms with Gasteiger partial charge in [-0.2, -0.15) is 0 Å². The highest BCUT2D eigenvalue weighted by molar-refractivity contribution is 6.18. The Balaban J connectivity index is 1.98. The fourth-order valence-corrected chi connectivity index (χ4v) is 2.78. The lowest BCUT2D eigenvalue weighted by atomic mass is 10.1. The number of hydrogen-bond donors (Lipinski definition) is 1. The Morgan fingerprint density at radius 1 is 1.39 bits per heavy atom. The fourth-order valence-electron chi connectivity index (χ4n) is 2.41. The van der Waals surface area contributed by atoms with Crippen LogP contribution in [0.15, 0.2) is 24.3 Å². The molecule has 0 saturated heterocycles. The van der Waals surface area contributed by atoms with Crippen LogP contribution in [0.3, 0.4) is 0 Å². The number of benzene rings is 1. The first-order valence-electron chi connectivity index (χ1n) is 6.25. The molecule has 1 aromatic rings. The molecule has 1 aromatic carbocycles. The van der Waals surface area contributed by atoms with Gasteiger partial charge in [0, 0.05) is 17.5 Å². The molecule has 1 amide bonds. The molecule has 1 saturated carbocycles. The van der Waals surface area contributed by atoms with Crippen molar-refractivity contribution in [2.24, 2.45) is 5.92 Å². The molecule has 1 fully saturated rings. The lowest BCUT2D eigenvalue weighted by Crippen LogP contribution is -2.37. The van der Waals surface area contributed by atoms with E-state index in [9.17, 15) is 4.79 Å². The highest BCUT2D eigenvalue weighted by Crippen LogP contribution is 2.26. The summed E-state index contributed by atoms with van der Waals surface area (Å²) in [6, 6.07) is 7.36. The molecule has 3 nitrogen and oxygen atoms in total. The van der Waals surface area contributed by atoms with Gasteiger partial charge in [-0.3, -0.25) is 4.79 Å². The molecular weight excluding hydrogens is 250 g/mol. The van der Waals surface area contributed by atoms with Crippen LogP contribution in [-0.2, 0) is 0 Å². The quantitative estimate of drug-likeness (QED) is 0.852. The van der Waals surface area contributed by atoms with Crippen LogP contribution in [0.4, 0.5) is 0 Å². The summed E-state index contributed by atoms with van der Waals surface area (Å²) < 4.78 is 5.07. The van der Waals surface area contributed by atoms with Crippen LogP contribution in [0.5, 0.6) is 5.75 Å². The molecule has 0 bridgehead atoms. The Kier molecular flexibility index (Phi) is 4.48. The van der Waals surface area contributed by atoms with E-state index >= 15 is 0 Å². The molecule has 0 spiro atoms. The minimum absolute atomic E-state index is 0.0281. The van der Waals surface area contributed by atoms with Gasteiger partial charge in [0.1, 0.15) is 5.75 Å². The smallest absolute Gasteiger partial charge is 0.251 e. The molecule has 1 N–H and O–H groups in total. The van der Waals surface area contributed by atoms with E-state index < -0.39 is 0 Å². The summed E-state index contributed by atoms with van der Waals surface area (Å²) in [6.07, 6.45) is 3.28. The first kappa shape index (κ1) is 13.2. The highest BCUT2D eigenvalue weighted by Gasteiger charge is 2.27. The Morgan fingerprint density at radius 2 is 2.11 bits per heavy atom. The normalized spacial score (nSPS) is 22.8. The summed E-state index contributed by atoms with van der Waals surface area (Å²) in [6.45, 7) is 0. The van der Waals surface area contributed by atoms with Gasteiger partial charge in [-0.1, -0.05) is 6.42 Å². The van der Waals surface area contributed by atoms with Crippen molar-refractivity contribution in [3.05, 3.63) is 29.8 Å². The Bertz CT molecular complexity index is 405. The van der Waals surface area contributed by atoms with Crippen LogP contribution in [0, 0.1) is 5.92 Å². The van der Waals surface area contributed by atoms with E-state index in [2.05, 4.69) is 5.32 Å². The molecule has 0 aromatic heterocycles. The minimum Gasteiger partial charge on any atom is -0.497 e.